The van der Waals surface area contributed by atoms with Gasteiger partial charge in [0.25, 0.3) is 0 Å². The van der Waals surface area contributed by atoms with E-state index in [1.807, 2.05) is 30.3 Å². The van der Waals surface area contributed by atoms with Gasteiger partial charge >= 0.3 is 6.03 Å². The molecule has 0 bridgehead atoms. The number of hydrogen-bond acceptors (Lipinski definition) is 5. The molecule has 2 aromatic carbocycles. The molecule has 1 aliphatic rings. The molecule has 2 N–H and O–H groups in total. The number of hydrogen-bond donors (Lipinski definition) is 2. The van der Waals surface area contributed by atoms with Crippen LogP contribution < -0.4 is 10.6 Å². The maximum atomic E-state index is 12.4. The van der Waals surface area contributed by atoms with Crippen molar-refractivity contribution >= 4 is 23.7 Å². The summed E-state index contributed by atoms with van der Waals surface area (Å²) < 4.78 is 2.19. The first kappa shape index (κ1) is 25.0. The van der Waals surface area contributed by atoms with E-state index >= 15 is 0 Å². The van der Waals surface area contributed by atoms with Crippen LogP contribution in [0.15, 0.2) is 59.8 Å². The summed E-state index contributed by atoms with van der Waals surface area (Å²) in [6.45, 7) is 6.96. The predicted molar refractivity (Wildman–Crippen MR) is 139 cm³/mol. The Balaban J connectivity index is 1.41. The van der Waals surface area contributed by atoms with Crippen LogP contribution in [0, 0.1) is 0 Å². The van der Waals surface area contributed by atoms with Crippen molar-refractivity contribution in [3.63, 3.8) is 0 Å². The van der Waals surface area contributed by atoms with Crippen molar-refractivity contribution in [2.24, 2.45) is 0 Å². The summed E-state index contributed by atoms with van der Waals surface area (Å²) in [6, 6.07) is 17.9. The molecular formula is C27H33N5O2S. The SMILES string of the molecule is CC(C)(C)c1ccc(-c2nnc(SCC(=O)NC(=O)NCc3ccccc3)n2C2CCCC2)cc1. The first-order valence-corrected chi connectivity index (χ1v) is 13.1. The van der Waals surface area contributed by atoms with Gasteiger partial charge in [0.05, 0.1) is 5.75 Å². The average Bonchev–Trinajstić information content (AvgIpc) is 3.51. The lowest BCUT2D eigenvalue weighted by molar-refractivity contribution is -0.117. The zero-order chi connectivity index (χ0) is 24.8. The number of amides is 3. The molecule has 8 heteroatoms. The van der Waals surface area contributed by atoms with Crippen molar-refractivity contribution < 1.29 is 9.59 Å². The molecule has 3 aromatic rings. The average molecular weight is 492 g/mol. The Morgan fingerprint density at radius 3 is 2.34 bits per heavy atom. The molecule has 0 unspecified atom stereocenters. The highest BCUT2D eigenvalue weighted by atomic mass is 32.2. The molecule has 0 radical (unpaired) electrons. The van der Waals surface area contributed by atoms with Gasteiger partial charge in [-0.2, -0.15) is 0 Å². The quantitative estimate of drug-likeness (QED) is 0.428. The van der Waals surface area contributed by atoms with E-state index in [1.54, 1.807) is 0 Å². The summed E-state index contributed by atoms with van der Waals surface area (Å²) in [5.41, 5.74) is 3.34. The maximum Gasteiger partial charge on any atom is 0.321 e. The monoisotopic (exact) mass is 491 g/mol. The summed E-state index contributed by atoms with van der Waals surface area (Å²) >= 11 is 1.32. The number of imide groups is 1. The van der Waals surface area contributed by atoms with Crippen molar-refractivity contribution in [3.8, 4) is 11.4 Å². The molecule has 3 amide bonds. The molecule has 4 rings (SSSR count). The number of carbonyl (C=O) groups is 2. The lowest BCUT2D eigenvalue weighted by Gasteiger charge is -2.20. The third-order valence-electron chi connectivity index (χ3n) is 6.24. The Morgan fingerprint density at radius 2 is 1.69 bits per heavy atom. The van der Waals surface area contributed by atoms with E-state index in [1.165, 1.54) is 30.2 Å². The van der Waals surface area contributed by atoms with E-state index in [0.717, 1.165) is 29.8 Å². The minimum absolute atomic E-state index is 0.0828. The van der Waals surface area contributed by atoms with Crippen molar-refractivity contribution in [2.45, 2.75) is 69.6 Å². The molecule has 1 heterocycles. The number of thioether (sulfide) groups is 1. The highest BCUT2D eigenvalue weighted by Gasteiger charge is 2.26. The zero-order valence-electron chi connectivity index (χ0n) is 20.6. The van der Waals surface area contributed by atoms with Crippen LogP contribution in [0.25, 0.3) is 11.4 Å². The number of nitrogens with zero attached hydrogens (tertiary/aromatic N) is 3. The predicted octanol–water partition coefficient (Wildman–Crippen LogP) is 5.48. The zero-order valence-corrected chi connectivity index (χ0v) is 21.4. The third-order valence-corrected chi connectivity index (χ3v) is 7.19. The second kappa shape index (κ2) is 11.1. The number of benzene rings is 2. The summed E-state index contributed by atoms with van der Waals surface area (Å²) in [5, 5.41) is 14.8. The van der Waals surface area contributed by atoms with Gasteiger partial charge in [0.2, 0.25) is 5.91 Å². The van der Waals surface area contributed by atoms with E-state index in [2.05, 4.69) is 70.4 Å². The minimum Gasteiger partial charge on any atom is -0.334 e. The minimum atomic E-state index is -0.503. The summed E-state index contributed by atoms with van der Waals surface area (Å²) in [5.74, 6) is 0.561. The number of aromatic nitrogens is 3. The lowest BCUT2D eigenvalue weighted by atomic mass is 9.86. The van der Waals surface area contributed by atoms with Gasteiger partial charge in [0.15, 0.2) is 11.0 Å². The van der Waals surface area contributed by atoms with E-state index < -0.39 is 6.03 Å². The van der Waals surface area contributed by atoms with Gasteiger partial charge in [0.1, 0.15) is 0 Å². The molecule has 1 aromatic heterocycles. The maximum absolute atomic E-state index is 12.4. The van der Waals surface area contributed by atoms with Crippen LogP contribution in [-0.2, 0) is 16.8 Å². The molecule has 35 heavy (non-hydrogen) atoms. The van der Waals surface area contributed by atoms with Crippen LogP contribution in [0.5, 0.6) is 0 Å². The highest BCUT2D eigenvalue weighted by molar-refractivity contribution is 7.99. The molecule has 184 valence electrons. The van der Waals surface area contributed by atoms with Crippen LogP contribution >= 0.6 is 11.8 Å². The van der Waals surface area contributed by atoms with E-state index in [9.17, 15) is 9.59 Å². The number of nitrogens with one attached hydrogen (secondary N) is 2. The summed E-state index contributed by atoms with van der Waals surface area (Å²) in [4.78, 5) is 24.5. The molecule has 1 aliphatic carbocycles. The van der Waals surface area contributed by atoms with E-state index in [4.69, 9.17) is 0 Å². The van der Waals surface area contributed by atoms with Crippen molar-refractivity contribution in [2.75, 3.05) is 5.75 Å². The second-order valence-electron chi connectivity index (χ2n) is 9.95. The summed E-state index contributed by atoms with van der Waals surface area (Å²) in [7, 11) is 0. The largest absolute Gasteiger partial charge is 0.334 e. The normalized spacial score (nSPS) is 14.1. The lowest BCUT2D eigenvalue weighted by Crippen LogP contribution is -2.40. The van der Waals surface area contributed by atoms with Crippen LogP contribution in [0.3, 0.4) is 0 Å². The van der Waals surface area contributed by atoms with Gasteiger partial charge in [-0.05, 0) is 29.4 Å². The third kappa shape index (κ3) is 6.51. The standard InChI is InChI=1S/C27H33N5O2S/c1-27(2,3)21-15-13-20(14-16-21)24-30-31-26(32(24)22-11-7-8-12-22)35-18-23(33)29-25(34)28-17-19-9-5-4-6-10-19/h4-6,9-10,13-16,22H,7-8,11-12,17-18H2,1-3H3,(H2,28,29,33,34). The van der Waals surface area contributed by atoms with Crippen LogP contribution in [0.2, 0.25) is 0 Å². The van der Waals surface area contributed by atoms with E-state index in [0.29, 0.717) is 17.7 Å². The Labute approximate surface area is 211 Å². The molecule has 0 saturated heterocycles. The van der Waals surface area contributed by atoms with Crippen molar-refractivity contribution in [1.82, 2.24) is 25.4 Å². The molecule has 1 fully saturated rings. The summed E-state index contributed by atoms with van der Waals surface area (Å²) in [6.07, 6.45) is 4.51. The molecule has 7 nitrogen and oxygen atoms in total. The fraction of sp³-hybridized carbons (Fsp3) is 0.407. The smallest absolute Gasteiger partial charge is 0.321 e. The van der Waals surface area contributed by atoms with E-state index in [-0.39, 0.29) is 17.1 Å². The first-order chi connectivity index (χ1) is 16.8. The van der Waals surface area contributed by atoms with Crippen molar-refractivity contribution in [3.05, 3.63) is 65.7 Å². The van der Waals surface area contributed by atoms with Gasteiger partial charge in [-0.1, -0.05) is 100.0 Å². The molecular weight excluding hydrogens is 458 g/mol. The fourth-order valence-electron chi connectivity index (χ4n) is 4.30. The Kier molecular flexibility index (Phi) is 7.90. The van der Waals surface area contributed by atoms with Gasteiger partial charge < -0.3 is 5.32 Å². The number of urea groups is 1. The second-order valence-corrected chi connectivity index (χ2v) is 10.9. The number of carbonyl (C=O) groups excluding carboxylic acids is 2. The Hall–Kier alpha value is -3.13. The molecule has 0 aliphatic heterocycles. The van der Waals surface area contributed by atoms with Gasteiger partial charge in [-0.3, -0.25) is 14.7 Å². The molecule has 0 spiro atoms. The van der Waals surface area contributed by atoms with Crippen molar-refractivity contribution in [1.29, 1.82) is 0 Å². The Bertz CT molecular complexity index is 1150. The first-order valence-electron chi connectivity index (χ1n) is 12.1. The van der Waals surface area contributed by atoms with Gasteiger partial charge in [-0.15, -0.1) is 10.2 Å². The Morgan fingerprint density at radius 1 is 1.00 bits per heavy atom. The fourth-order valence-corrected chi connectivity index (χ4v) is 5.10. The molecule has 1 saturated carbocycles. The topological polar surface area (TPSA) is 88.9 Å². The number of rotatable bonds is 7. The van der Waals surface area contributed by atoms with Gasteiger partial charge in [0, 0.05) is 18.2 Å². The van der Waals surface area contributed by atoms with Gasteiger partial charge in [-0.25, -0.2) is 4.79 Å². The van der Waals surface area contributed by atoms with Crippen LogP contribution in [-0.4, -0.2) is 32.5 Å². The highest BCUT2D eigenvalue weighted by Crippen LogP contribution is 2.37. The van der Waals surface area contributed by atoms with Crippen LogP contribution in [0.1, 0.15) is 63.6 Å². The molecule has 0 atom stereocenters. The van der Waals surface area contributed by atoms with Crippen LogP contribution in [0.4, 0.5) is 4.79 Å².